The van der Waals surface area contributed by atoms with Gasteiger partial charge in [-0.1, -0.05) is 19.3 Å². The van der Waals surface area contributed by atoms with Gasteiger partial charge in [-0.25, -0.2) is 0 Å². The van der Waals surface area contributed by atoms with Crippen LogP contribution in [0.5, 0.6) is 0 Å². The van der Waals surface area contributed by atoms with E-state index in [1.54, 1.807) is 0 Å². The predicted octanol–water partition coefficient (Wildman–Crippen LogP) is 1.75. The quantitative estimate of drug-likeness (QED) is 0.844. The van der Waals surface area contributed by atoms with Crippen molar-refractivity contribution in [1.82, 2.24) is 14.8 Å². The van der Waals surface area contributed by atoms with Crippen LogP contribution in [0.4, 0.5) is 0 Å². The first kappa shape index (κ1) is 11.6. The van der Waals surface area contributed by atoms with E-state index in [0.717, 1.165) is 25.3 Å². The average Bonchev–Trinajstić information content (AvgIpc) is 2.77. The molecule has 16 heavy (non-hydrogen) atoms. The zero-order valence-electron chi connectivity index (χ0n) is 10.2. The van der Waals surface area contributed by atoms with E-state index in [1.165, 1.54) is 32.1 Å². The molecule has 1 aliphatic rings. The molecule has 1 aliphatic carbocycles. The van der Waals surface area contributed by atoms with Gasteiger partial charge in [0.25, 0.3) is 0 Å². The molecule has 0 amide bonds. The summed E-state index contributed by atoms with van der Waals surface area (Å²) >= 11 is 0. The summed E-state index contributed by atoms with van der Waals surface area (Å²) in [5.41, 5.74) is 6.28. The fourth-order valence-electron chi connectivity index (χ4n) is 2.77. The van der Waals surface area contributed by atoms with Crippen molar-refractivity contribution in [2.45, 2.75) is 52.0 Å². The van der Waals surface area contributed by atoms with Crippen molar-refractivity contribution < 1.29 is 0 Å². The van der Waals surface area contributed by atoms with Gasteiger partial charge >= 0.3 is 0 Å². The third-order valence-electron chi connectivity index (χ3n) is 3.92. The predicted molar refractivity (Wildman–Crippen MR) is 64.0 cm³/mol. The van der Waals surface area contributed by atoms with Crippen LogP contribution in [0.1, 0.15) is 44.9 Å². The van der Waals surface area contributed by atoms with Crippen LogP contribution in [0, 0.1) is 5.41 Å². The van der Waals surface area contributed by atoms with Gasteiger partial charge in [0.1, 0.15) is 12.2 Å². The lowest BCUT2D eigenvalue weighted by atomic mass is 9.71. The Hall–Kier alpha value is -0.900. The van der Waals surface area contributed by atoms with Crippen molar-refractivity contribution in [3.05, 3.63) is 12.2 Å². The fourth-order valence-corrected chi connectivity index (χ4v) is 2.77. The smallest absolute Gasteiger partial charge is 0.133 e. The highest BCUT2D eigenvalue weighted by Gasteiger charge is 2.32. The SMILES string of the molecule is CCn1cnnc1CC1(CN)CCCCC1. The fraction of sp³-hybridized carbons (Fsp3) is 0.833. The lowest BCUT2D eigenvalue weighted by Crippen LogP contribution is -2.35. The summed E-state index contributed by atoms with van der Waals surface area (Å²) < 4.78 is 2.13. The van der Waals surface area contributed by atoms with Crippen LogP contribution in [-0.2, 0) is 13.0 Å². The summed E-state index contributed by atoms with van der Waals surface area (Å²) in [4.78, 5) is 0. The molecule has 4 nitrogen and oxygen atoms in total. The summed E-state index contributed by atoms with van der Waals surface area (Å²) in [6.45, 7) is 3.86. The van der Waals surface area contributed by atoms with E-state index in [4.69, 9.17) is 5.73 Å². The van der Waals surface area contributed by atoms with Crippen LogP contribution in [0.15, 0.2) is 6.33 Å². The van der Waals surface area contributed by atoms with E-state index in [0.29, 0.717) is 0 Å². The third-order valence-corrected chi connectivity index (χ3v) is 3.92. The molecule has 2 rings (SSSR count). The molecule has 1 heterocycles. The maximum Gasteiger partial charge on any atom is 0.133 e. The second-order valence-corrected chi connectivity index (χ2v) is 4.97. The first-order valence-electron chi connectivity index (χ1n) is 6.36. The van der Waals surface area contributed by atoms with E-state index < -0.39 is 0 Å². The Kier molecular flexibility index (Phi) is 3.59. The van der Waals surface area contributed by atoms with E-state index in [-0.39, 0.29) is 5.41 Å². The third kappa shape index (κ3) is 2.26. The highest BCUT2D eigenvalue weighted by Crippen LogP contribution is 2.37. The molecule has 2 N–H and O–H groups in total. The highest BCUT2D eigenvalue weighted by atomic mass is 15.3. The molecule has 1 fully saturated rings. The van der Waals surface area contributed by atoms with Crippen molar-refractivity contribution >= 4 is 0 Å². The maximum absolute atomic E-state index is 5.99. The molecule has 1 aromatic rings. The molecule has 1 aromatic heterocycles. The van der Waals surface area contributed by atoms with Crippen LogP contribution < -0.4 is 5.73 Å². The van der Waals surface area contributed by atoms with Crippen molar-refractivity contribution in [1.29, 1.82) is 0 Å². The van der Waals surface area contributed by atoms with Gasteiger partial charge in [-0.2, -0.15) is 0 Å². The average molecular weight is 222 g/mol. The summed E-state index contributed by atoms with van der Waals surface area (Å²) in [5, 5.41) is 8.23. The van der Waals surface area contributed by atoms with Crippen LogP contribution >= 0.6 is 0 Å². The zero-order chi connectivity index (χ0) is 11.4. The molecular formula is C12H22N4. The standard InChI is InChI=1S/C12H22N4/c1-2-16-10-14-15-11(16)8-12(9-13)6-4-3-5-7-12/h10H,2-9,13H2,1H3. The largest absolute Gasteiger partial charge is 0.330 e. The Morgan fingerprint density at radius 1 is 1.38 bits per heavy atom. The molecule has 0 spiro atoms. The van der Waals surface area contributed by atoms with E-state index >= 15 is 0 Å². The van der Waals surface area contributed by atoms with Crippen LogP contribution in [0.2, 0.25) is 0 Å². The molecule has 0 atom stereocenters. The van der Waals surface area contributed by atoms with Crippen LogP contribution in [0.3, 0.4) is 0 Å². The van der Waals surface area contributed by atoms with Gasteiger partial charge in [0, 0.05) is 13.0 Å². The highest BCUT2D eigenvalue weighted by molar-refractivity contribution is 4.96. The molecule has 0 aliphatic heterocycles. The van der Waals surface area contributed by atoms with Gasteiger partial charge < -0.3 is 10.3 Å². The summed E-state index contributed by atoms with van der Waals surface area (Å²) in [6, 6.07) is 0. The molecule has 4 heteroatoms. The molecule has 0 unspecified atom stereocenters. The zero-order valence-corrected chi connectivity index (χ0v) is 10.2. The number of hydrogen-bond donors (Lipinski definition) is 1. The number of hydrogen-bond acceptors (Lipinski definition) is 3. The molecule has 0 saturated heterocycles. The molecule has 1 saturated carbocycles. The Morgan fingerprint density at radius 2 is 2.12 bits per heavy atom. The van der Waals surface area contributed by atoms with Crippen molar-refractivity contribution in [3.8, 4) is 0 Å². The topological polar surface area (TPSA) is 56.7 Å². The normalized spacial score (nSPS) is 19.9. The molecule has 90 valence electrons. The summed E-state index contributed by atoms with van der Waals surface area (Å²) in [5.74, 6) is 1.11. The first-order valence-corrected chi connectivity index (χ1v) is 6.36. The minimum atomic E-state index is 0.290. The minimum absolute atomic E-state index is 0.290. The molecule has 0 aromatic carbocycles. The van der Waals surface area contributed by atoms with Crippen LogP contribution in [0.25, 0.3) is 0 Å². The van der Waals surface area contributed by atoms with E-state index in [9.17, 15) is 0 Å². The van der Waals surface area contributed by atoms with Gasteiger partial charge in [0.2, 0.25) is 0 Å². The Bertz CT molecular complexity index is 326. The van der Waals surface area contributed by atoms with Gasteiger partial charge in [-0.05, 0) is 31.7 Å². The summed E-state index contributed by atoms with van der Waals surface area (Å²) in [7, 11) is 0. The number of nitrogens with two attached hydrogens (primary N) is 1. The Balaban J connectivity index is 2.11. The second kappa shape index (κ2) is 4.95. The number of aryl methyl sites for hydroxylation is 1. The Labute approximate surface area is 97.2 Å². The Morgan fingerprint density at radius 3 is 2.75 bits per heavy atom. The molecule has 0 radical (unpaired) electrons. The number of rotatable bonds is 4. The summed E-state index contributed by atoms with van der Waals surface area (Å²) in [6.07, 6.45) is 9.32. The van der Waals surface area contributed by atoms with Crippen molar-refractivity contribution in [2.24, 2.45) is 11.1 Å². The second-order valence-electron chi connectivity index (χ2n) is 4.97. The number of aromatic nitrogens is 3. The van der Waals surface area contributed by atoms with Crippen molar-refractivity contribution in [2.75, 3.05) is 6.54 Å². The van der Waals surface area contributed by atoms with E-state index in [2.05, 4.69) is 21.7 Å². The van der Waals surface area contributed by atoms with Gasteiger partial charge in [0.05, 0.1) is 0 Å². The minimum Gasteiger partial charge on any atom is -0.330 e. The van der Waals surface area contributed by atoms with Gasteiger partial charge in [-0.3, -0.25) is 0 Å². The van der Waals surface area contributed by atoms with Crippen LogP contribution in [-0.4, -0.2) is 21.3 Å². The molecular weight excluding hydrogens is 200 g/mol. The number of nitrogens with zero attached hydrogens (tertiary/aromatic N) is 3. The maximum atomic E-state index is 5.99. The van der Waals surface area contributed by atoms with E-state index in [1.807, 2.05) is 6.33 Å². The lowest BCUT2D eigenvalue weighted by Gasteiger charge is -2.35. The van der Waals surface area contributed by atoms with Crippen molar-refractivity contribution in [3.63, 3.8) is 0 Å². The van der Waals surface area contributed by atoms with Gasteiger partial charge in [-0.15, -0.1) is 10.2 Å². The first-order chi connectivity index (χ1) is 7.79. The lowest BCUT2D eigenvalue weighted by molar-refractivity contribution is 0.191. The monoisotopic (exact) mass is 222 g/mol. The van der Waals surface area contributed by atoms with Gasteiger partial charge in [0.15, 0.2) is 0 Å². The molecule has 0 bridgehead atoms.